The molecule has 0 radical (unpaired) electrons. The van der Waals surface area contributed by atoms with Crippen LogP contribution in [0, 0.1) is 5.92 Å². The van der Waals surface area contributed by atoms with Crippen LogP contribution in [0.4, 0.5) is 4.79 Å². The van der Waals surface area contributed by atoms with Crippen molar-refractivity contribution in [2.45, 2.75) is 51.7 Å². The topological polar surface area (TPSA) is 87.1 Å². The molecular formula is C13H23NO5. The van der Waals surface area contributed by atoms with E-state index in [9.17, 15) is 14.7 Å². The third-order valence-corrected chi connectivity index (χ3v) is 3.10. The standard InChI is InChI=1S/C13H23NO5/c1-13(2,3)19-12(18)14-6-4-9(8-11(16)17)10(15)5-7-14/h9-10,15H,4-8H2,1-3H3,(H,16,17). The molecule has 0 aromatic heterocycles. The molecule has 2 atom stereocenters. The Labute approximate surface area is 113 Å². The van der Waals surface area contributed by atoms with Crippen molar-refractivity contribution in [1.82, 2.24) is 4.90 Å². The number of carbonyl (C=O) groups is 2. The zero-order valence-electron chi connectivity index (χ0n) is 11.8. The number of rotatable bonds is 2. The number of aliphatic hydroxyl groups excluding tert-OH is 1. The Morgan fingerprint density at radius 1 is 1.26 bits per heavy atom. The first-order valence-corrected chi connectivity index (χ1v) is 6.57. The zero-order chi connectivity index (χ0) is 14.6. The average Bonchev–Trinajstić information content (AvgIpc) is 2.39. The van der Waals surface area contributed by atoms with Crippen LogP contribution < -0.4 is 0 Å². The Hall–Kier alpha value is -1.30. The van der Waals surface area contributed by atoms with E-state index in [1.807, 2.05) is 0 Å². The molecule has 6 nitrogen and oxygen atoms in total. The van der Waals surface area contributed by atoms with Gasteiger partial charge in [0.25, 0.3) is 0 Å². The normalized spacial score (nSPS) is 24.7. The van der Waals surface area contributed by atoms with Gasteiger partial charge in [0.15, 0.2) is 0 Å². The van der Waals surface area contributed by atoms with Gasteiger partial charge in [-0.2, -0.15) is 0 Å². The molecule has 1 aliphatic heterocycles. The van der Waals surface area contributed by atoms with Crippen molar-refractivity contribution < 1.29 is 24.5 Å². The molecule has 1 rings (SSSR count). The maximum absolute atomic E-state index is 11.9. The number of aliphatic hydroxyl groups is 1. The van der Waals surface area contributed by atoms with Gasteiger partial charge in [-0.3, -0.25) is 4.79 Å². The molecule has 1 aliphatic rings. The van der Waals surface area contributed by atoms with Gasteiger partial charge in [0.2, 0.25) is 0 Å². The van der Waals surface area contributed by atoms with Crippen molar-refractivity contribution in [3.63, 3.8) is 0 Å². The summed E-state index contributed by atoms with van der Waals surface area (Å²) in [6.07, 6.45) is -0.285. The molecule has 110 valence electrons. The lowest BCUT2D eigenvalue weighted by Crippen LogP contribution is -2.37. The molecule has 1 fully saturated rings. The Bertz CT molecular complexity index is 336. The molecule has 2 N–H and O–H groups in total. The minimum Gasteiger partial charge on any atom is -0.481 e. The lowest BCUT2D eigenvalue weighted by Gasteiger charge is -2.26. The van der Waals surface area contributed by atoms with Gasteiger partial charge in [-0.25, -0.2) is 4.79 Å². The molecule has 0 spiro atoms. The highest BCUT2D eigenvalue weighted by atomic mass is 16.6. The fraction of sp³-hybridized carbons (Fsp3) is 0.846. The molecule has 0 aromatic carbocycles. The summed E-state index contributed by atoms with van der Waals surface area (Å²) in [7, 11) is 0. The lowest BCUT2D eigenvalue weighted by atomic mass is 9.94. The van der Waals surface area contributed by atoms with Crippen LogP contribution in [0.5, 0.6) is 0 Å². The zero-order valence-corrected chi connectivity index (χ0v) is 11.8. The summed E-state index contributed by atoms with van der Waals surface area (Å²) in [5.74, 6) is -1.22. The van der Waals surface area contributed by atoms with Crippen molar-refractivity contribution in [1.29, 1.82) is 0 Å². The number of hydrogen-bond donors (Lipinski definition) is 2. The van der Waals surface area contributed by atoms with E-state index in [-0.39, 0.29) is 12.3 Å². The summed E-state index contributed by atoms with van der Waals surface area (Å²) in [5.41, 5.74) is -0.553. The number of likely N-dealkylation sites (tertiary alicyclic amines) is 1. The highest BCUT2D eigenvalue weighted by molar-refractivity contribution is 5.68. The van der Waals surface area contributed by atoms with Crippen LogP contribution in [0.1, 0.15) is 40.0 Å². The van der Waals surface area contributed by atoms with E-state index >= 15 is 0 Å². The highest BCUT2D eigenvalue weighted by Crippen LogP contribution is 2.22. The molecule has 2 unspecified atom stereocenters. The Morgan fingerprint density at radius 3 is 2.37 bits per heavy atom. The van der Waals surface area contributed by atoms with Crippen LogP contribution in [-0.4, -0.2) is 52.0 Å². The molecular weight excluding hydrogens is 250 g/mol. The van der Waals surface area contributed by atoms with Crippen LogP contribution in [0.15, 0.2) is 0 Å². The van der Waals surface area contributed by atoms with Crippen molar-refractivity contribution >= 4 is 12.1 Å². The summed E-state index contributed by atoms with van der Waals surface area (Å²) in [5, 5.41) is 18.7. The number of carbonyl (C=O) groups excluding carboxylic acids is 1. The van der Waals surface area contributed by atoms with Crippen LogP contribution in [0.25, 0.3) is 0 Å². The van der Waals surface area contributed by atoms with E-state index in [0.29, 0.717) is 25.9 Å². The maximum Gasteiger partial charge on any atom is 0.410 e. The predicted molar refractivity (Wildman–Crippen MR) is 68.8 cm³/mol. The summed E-state index contributed by atoms with van der Waals surface area (Å²) in [6.45, 7) is 6.20. The molecule has 0 saturated carbocycles. The van der Waals surface area contributed by atoms with Crippen molar-refractivity contribution in [3.05, 3.63) is 0 Å². The molecule has 6 heteroatoms. The number of nitrogens with zero attached hydrogens (tertiary/aromatic N) is 1. The average molecular weight is 273 g/mol. The molecule has 0 aromatic rings. The second kappa shape index (κ2) is 6.23. The Morgan fingerprint density at radius 2 is 1.84 bits per heavy atom. The van der Waals surface area contributed by atoms with Gasteiger partial charge in [0, 0.05) is 13.1 Å². The summed E-state index contributed by atoms with van der Waals surface area (Å²) < 4.78 is 5.27. The van der Waals surface area contributed by atoms with Gasteiger partial charge in [0.1, 0.15) is 5.60 Å². The molecule has 1 heterocycles. The lowest BCUT2D eigenvalue weighted by molar-refractivity contribution is -0.139. The number of hydrogen-bond acceptors (Lipinski definition) is 4. The number of aliphatic carboxylic acids is 1. The van der Waals surface area contributed by atoms with Gasteiger partial charge in [0.05, 0.1) is 12.5 Å². The van der Waals surface area contributed by atoms with Gasteiger partial charge in [-0.15, -0.1) is 0 Å². The van der Waals surface area contributed by atoms with Crippen LogP contribution in [-0.2, 0) is 9.53 Å². The fourth-order valence-electron chi connectivity index (χ4n) is 2.12. The van der Waals surface area contributed by atoms with Crippen LogP contribution in [0.2, 0.25) is 0 Å². The molecule has 0 aliphatic carbocycles. The van der Waals surface area contributed by atoms with E-state index in [1.165, 1.54) is 4.90 Å². The smallest absolute Gasteiger partial charge is 0.410 e. The molecule has 19 heavy (non-hydrogen) atoms. The second-order valence-corrected chi connectivity index (χ2v) is 5.97. The monoisotopic (exact) mass is 273 g/mol. The summed E-state index contributed by atoms with van der Waals surface area (Å²) in [6, 6.07) is 0. The predicted octanol–water partition coefficient (Wildman–Crippen LogP) is 1.47. The molecule has 0 bridgehead atoms. The summed E-state index contributed by atoms with van der Waals surface area (Å²) >= 11 is 0. The third-order valence-electron chi connectivity index (χ3n) is 3.10. The SMILES string of the molecule is CC(C)(C)OC(=O)N1CCC(O)C(CC(=O)O)CC1. The van der Waals surface area contributed by atoms with E-state index in [4.69, 9.17) is 9.84 Å². The van der Waals surface area contributed by atoms with E-state index in [2.05, 4.69) is 0 Å². The number of amides is 1. The minimum atomic E-state index is -0.922. The van der Waals surface area contributed by atoms with E-state index in [0.717, 1.165) is 0 Å². The van der Waals surface area contributed by atoms with Gasteiger partial charge in [-0.1, -0.05) is 0 Å². The van der Waals surface area contributed by atoms with Crippen LogP contribution >= 0.6 is 0 Å². The first-order valence-electron chi connectivity index (χ1n) is 6.57. The van der Waals surface area contributed by atoms with Gasteiger partial charge in [-0.05, 0) is 39.5 Å². The van der Waals surface area contributed by atoms with Crippen LogP contribution in [0.3, 0.4) is 0 Å². The fourth-order valence-corrected chi connectivity index (χ4v) is 2.12. The van der Waals surface area contributed by atoms with Crippen molar-refractivity contribution in [2.75, 3.05) is 13.1 Å². The molecule has 1 saturated heterocycles. The Kier molecular flexibility index (Phi) is 5.17. The Balaban J connectivity index is 2.57. The quantitative estimate of drug-likeness (QED) is 0.795. The molecule has 1 amide bonds. The number of ether oxygens (including phenoxy) is 1. The number of carboxylic acid groups (broad SMARTS) is 1. The van der Waals surface area contributed by atoms with Gasteiger partial charge < -0.3 is 19.8 Å². The van der Waals surface area contributed by atoms with E-state index in [1.54, 1.807) is 20.8 Å². The summed E-state index contributed by atoms with van der Waals surface area (Å²) in [4.78, 5) is 24.2. The minimum absolute atomic E-state index is 0.0661. The van der Waals surface area contributed by atoms with Crippen molar-refractivity contribution in [3.8, 4) is 0 Å². The van der Waals surface area contributed by atoms with Gasteiger partial charge >= 0.3 is 12.1 Å². The largest absolute Gasteiger partial charge is 0.481 e. The maximum atomic E-state index is 11.9. The third kappa shape index (κ3) is 5.46. The highest BCUT2D eigenvalue weighted by Gasteiger charge is 2.30. The number of carboxylic acids is 1. The first-order chi connectivity index (χ1) is 8.69. The second-order valence-electron chi connectivity index (χ2n) is 5.97. The van der Waals surface area contributed by atoms with E-state index < -0.39 is 23.8 Å². The first kappa shape index (κ1) is 15.8. The van der Waals surface area contributed by atoms with Crippen molar-refractivity contribution in [2.24, 2.45) is 5.92 Å².